The van der Waals surface area contributed by atoms with Crippen molar-refractivity contribution in [3.63, 3.8) is 0 Å². The van der Waals surface area contributed by atoms with Crippen molar-refractivity contribution in [2.75, 3.05) is 33.2 Å². The number of nitrogens with zero attached hydrogens (tertiary/aromatic N) is 1. The van der Waals surface area contributed by atoms with Crippen LogP contribution in [0.5, 0.6) is 0 Å². The lowest BCUT2D eigenvalue weighted by atomic mass is 9.81. The first kappa shape index (κ1) is 16.9. The Morgan fingerprint density at radius 1 is 1.12 bits per heavy atom. The maximum absolute atomic E-state index is 3.54. The Morgan fingerprint density at radius 3 is 2.12 bits per heavy atom. The van der Waals surface area contributed by atoms with E-state index in [0.29, 0.717) is 5.41 Å². The molecule has 0 aromatic heterocycles. The molecular weight excluding hydrogens is 208 g/mol. The van der Waals surface area contributed by atoms with E-state index < -0.39 is 0 Å². The first-order valence-electron chi connectivity index (χ1n) is 7.42. The van der Waals surface area contributed by atoms with Gasteiger partial charge in [-0.1, -0.05) is 41.0 Å². The molecule has 0 aromatic carbocycles. The Bertz CT molecular complexity index is 176. The second-order valence-corrected chi connectivity index (χ2v) is 5.70. The van der Waals surface area contributed by atoms with E-state index in [2.05, 4.69) is 51.9 Å². The zero-order valence-corrected chi connectivity index (χ0v) is 13.0. The van der Waals surface area contributed by atoms with Gasteiger partial charge in [0.15, 0.2) is 0 Å². The van der Waals surface area contributed by atoms with Gasteiger partial charge in [-0.15, -0.1) is 0 Å². The Morgan fingerprint density at radius 2 is 1.71 bits per heavy atom. The summed E-state index contributed by atoms with van der Waals surface area (Å²) >= 11 is 0. The minimum absolute atomic E-state index is 0.457. The number of hydrogen-bond donors (Lipinski definition) is 1. The van der Waals surface area contributed by atoms with Gasteiger partial charge in [0.25, 0.3) is 0 Å². The molecule has 1 N–H and O–H groups in total. The van der Waals surface area contributed by atoms with E-state index in [-0.39, 0.29) is 0 Å². The van der Waals surface area contributed by atoms with Crippen LogP contribution in [-0.2, 0) is 0 Å². The van der Waals surface area contributed by atoms with Gasteiger partial charge in [-0.3, -0.25) is 0 Å². The van der Waals surface area contributed by atoms with Gasteiger partial charge in [0, 0.05) is 19.6 Å². The lowest BCUT2D eigenvalue weighted by molar-refractivity contribution is 0.143. The molecule has 0 aliphatic carbocycles. The molecule has 1 unspecified atom stereocenters. The summed E-state index contributed by atoms with van der Waals surface area (Å²) in [4.78, 5) is 2.53. The van der Waals surface area contributed by atoms with E-state index in [9.17, 15) is 0 Å². The summed E-state index contributed by atoms with van der Waals surface area (Å²) in [5.74, 6) is 0.811. The lowest BCUT2D eigenvalue weighted by Gasteiger charge is -2.37. The number of hydrogen-bond acceptors (Lipinski definition) is 2. The molecule has 0 saturated carbocycles. The molecule has 0 saturated heterocycles. The van der Waals surface area contributed by atoms with Crippen LogP contribution >= 0.6 is 0 Å². The lowest BCUT2D eigenvalue weighted by Crippen LogP contribution is -2.43. The summed E-state index contributed by atoms with van der Waals surface area (Å²) in [6, 6.07) is 0. The Balaban J connectivity index is 4.30. The first-order valence-corrected chi connectivity index (χ1v) is 7.42. The van der Waals surface area contributed by atoms with Gasteiger partial charge in [-0.2, -0.15) is 0 Å². The molecule has 104 valence electrons. The third kappa shape index (κ3) is 6.42. The first-order chi connectivity index (χ1) is 8.03. The van der Waals surface area contributed by atoms with Gasteiger partial charge in [0.1, 0.15) is 0 Å². The quantitative estimate of drug-likeness (QED) is 0.632. The molecule has 0 aromatic rings. The Kier molecular flexibility index (Phi) is 8.89. The van der Waals surface area contributed by atoms with Crippen molar-refractivity contribution >= 4 is 0 Å². The average molecular weight is 242 g/mol. The largest absolute Gasteiger partial charge is 0.316 e. The maximum atomic E-state index is 3.54. The molecule has 0 rings (SSSR count). The zero-order chi connectivity index (χ0) is 13.3. The van der Waals surface area contributed by atoms with Gasteiger partial charge in [0.05, 0.1) is 0 Å². The van der Waals surface area contributed by atoms with Crippen molar-refractivity contribution in [2.24, 2.45) is 11.3 Å². The Hall–Kier alpha value is -0.0800. The molecule has 0 amide bonds. The number of rotatable bonds is 10. The van der Waals surface area contributed by atoms with E-state index in [1.165, 1.54) is 32.4 Å². The smallest absolute Gasteiger partial charge is 0.00470 e. The molecule has 0 fully saturated rings. The number of nitrogens with one attached hydrogen (secondary N) is 1. The highest BCUT2D eigenvalue weighted by atomic mass is 15.1. The second-order valence-electron chi connectivity index (χ2n) is 5.70. The van der Waals surface area contributed by atoms with E-state index >= 15 is 0 Å². The summed E-state index contributed by atoms with van der Waals surface area (Å²) in [7, 11) is 2.28. The van der Waals surface area contributed by atoms with Gasteiger partial charge in [-0.05, 0) is 37.8 Å². The molecule has 0 aliphatic rings. The summed E-state index contributed by atoms with van der Waals surface area (Å²) in [6.07, 6.45) is 3.81. The minimum atomic E-state index is 0.457. The van der Waals surface area contributed by atoms with Gasteiger partial charge < -0.3 is 10.2 Å². The highest BCUT2D eigenvalue weighted by molar-refractivity contribution is 4.82. The van der Waals surface area contributed by atoms with E-state index in [1.54, 1.807) is 0 Å². The molecule has 0 radical (unpaired) electrons. The fourth-order valence-electron chi connectivity index (χ4n) is 2.47. The molecule has 0 bridgehead atoms. The van der Waals surface area contributed by atoms with Crippen LogP contribution in [0.2, 0.25) is 0 Å². The van der Waals surface area contributed by atoms with Crippen LogP contribution in [0.1, 0.15) is 53.9 Å². The summed E-state index contributed by atoms with van der Waals surface area (Å²) < 4.78 is 0. The molecule has 17 heavy (non-hydrogen) atoms. The van der Waals surface area contributed by atoms with Crippen molar-refractivity contribution in [1.29, 1.82) is 0 Å². The zero-order valence-electron chi connectivity index (χ0n) is 13.0. The fraction of sp³-hybridized carbons (Fsp3) is 1.00. The Labute approximate surface area is 109 Å². The normalized spacial score (nSPS) is 14.3. The average Bonchev–Trinajstić information content (AvgIpc) is 2.34. The topological polar surface area (TPSA) is 15.3 Å². The highest BCUT2D eigenvalue weighted by Gasteiger charge is 2.27. The van der Waals surface area contributed by atoms with Crippen LogP contribution in [0.25, 0.3) is 0 Å². The predicted molar refractivity (Wildman–Crippen MR) is 78.5 cm³/mol. The molecule has 2 heteroatoms. The summed E-state index contributed by atoms with van der Waals surface area (Å²) in [5.41, 5.74) is 0.457. The van der Waals surface area contributed by atoms with Crippen LogP contribution in [-0.4, -0.2) is 38.1 Å². The van der Waals surface area contributed by atoms with Crippen molar-refractivity contribution in [1.82, 2.24) is 10.2 Å². The summed E-state index contributed by atoms with van der Waals surface area (Å²) in [6.45, 7) is 16.2. The van der Waals surface area contributed by atoms with Crippen LogP contribution < -0.4 is 5.32 Å². The van der Waals surface area contributed by atoms with Gasteiger partial charge >= 0.3 is 0 Å². The SMILES string of the molecule is CCNCC(CC)(CC)CN(C)CC(C)CC. The van der Waals surface area contributed by atoms with Crippen LogP contribution in [0.3, 0.4) is 0 Å². The monoisotopic (exact) mass is 242 g/mol. The van der Waals surface area contributed by atoms with Gasteiger partial charge in [0.2, 0.25) is 0 Å². The van der Waals surface area contributed by atoms with Gasteiger partial charge in [-0.25, -0.2) is 0 Å². The van der Waals surface area contributed by atoms with Crippen molar-refractivity contribution in [3.8, 4) is 0 Å². The third-order valence-electron chi connectivity index (χ3n) is 4.18. The third-order valence-corrected chi connectivity index (χ3v) is 4.18. The molecular formula is C15H34N2. The van der Waals surface area contributed by atoms with E-state index in [4.69, 9.17) is 0 Å². The van der Waals surface area contributed by atoms with Crippen LogP contribution in [0.4, 0.5) is 0 Å². The standard InChI is InChI=1S/C15H34N2/c1-7-14(5)11-17(6)13-15(8-2,9-3)12-16-10-4/h14,16H,7-13H2,1-6H3. The van der Waals surface area contributed by atoms with E-state index in [1.807, 2.05) is 0 Å². The fourth-order valence-corrected chi connectivity index (χ4v) is 2.47. The van der Waals surface area contributed by atoms with E-state index in [0.717, 1.165) is 19.0 Å². The highest BCUT2D eigenvalue weighted by Crippen LogP contribution is 2.26. The molecule has 1 atom stereocenters. The molecule has 0 heterocycles. The van der Waals surface area contributed by atoms with Crippen molar-refractivity contribution in [3.05, 3.63) is 0 Å². The molecule has 0 aliphatic heterocycles. The minimum Gasteiger partial charge on any atom is -0.316 e. The predicted octanol–water partition coefficient (Wildman–Crippen LogP) is 3.38. The maximum Gasteiger partial charge on any atom is 0.00470 e. The van der Waals surface area contributed by atoms with Crippen LogP contribution in [0, 0.1) is 11.3 Å². The second kappa shape index (κ2) is 8.93. The summed E-state index contributed by atoms with van der Waals surface area (Å²) in [5, 5.41) is 3.54. The van der Waals surface area contributed by atoms with Crippen molar-refractivity contribution < 1.29 is 0 Å². The molecule has 2 nitrogen and oxygen atoms in total. The molecule has 0 spiro atoms. The van der Waals surface area contributed by atoms with Crippen molar-refractivity contribution in [2.45, 2.75) is 53.9 Å². The van der Waals surface area contributed by atoms with Crippen LogP contribution in [0.15, 0.2) is 0 Å².